The second kappa shape index (κ2) is 15.1. The van der Waals surface area contributed by atoms with E-state index in [0.717, 1.165) is 34.1 Å². The van der Waals surface area contributed by atoms with Gasteiger partial charge in [0.2, 0.25) is 0 Å². The summed E-state index contributed by atoms with van der Waals surface area (Å²) in [5.74, 6) is 0. The predicted molar refractivity (Wildman–Crippen MR) is 263 cm³/mol. The molecule has 1 spiro atoms. The van der Waals surface area contributed by atoms with Gasteiger partial charge in [0, 0.05) is 33.9 Å². The maximum atomic E-state index is 2.49. The molecule has 63 heavy (non-hydrogen) atoms. The molecule has 2 heteroatoms. The van der Waals surface area contributed by atoms with Gasteiger partial charge in [0.25, 0.3) is 0 Å². The summed E-state index contributed by atoms with van der Waals surface area (Å²) in [6.07, 6.45) is 0. The van der Waals surface area contributed by atoms with Gasteiger partial charge in [-0.3, -0.25) is 0 Å². The Morgan fingerprint density at radius 1 is 0.222 bits per heavy atom. The van der Waals surface area contributed by atoms with Gasteiger partial charge in [-0.2, -0.15) is 0 Å². The molecule has 0 aliphatic heterocycles. The third kappa shape index (κ3) is 5.80. The van der Waals surface area contributed by atoms with Crippen molar-refractivity contribution in [3.63, 3.8) is 0 Å². The van der Waals surface area contributed by atoms with Crippen LogP contribution in [0.3, 0.4) is 0 Å². The Kier molecular flexibility index (Phi) is 8.76. The molecule has 0 bridgehead atoms. The average molecular weight is 803 g/mol. The molecule has 296 valence electrons. The Balaban J connectivity index is 1.16. The lowest BCUT2D eigenvalue weighted by atomic mass is 9.69. The Morgan fingerprint density at radius 3 is 0.921 bits per heavy atom. The molecule has 1 unspecified atom stereocenters. The Bertz CT molecular complexity index is 3120. The van der Waals surface area contributed by atoms with E-state index in [1.807, 2.05) is 0 Å². The van der Waals surface area contributed by atoms with E-state index in [-0.39, 0.29) is 0 Å². The summed E-state index contributed by atoms with van der Waals surface area (Å²) in [5, 5.41) is 0. The number of para-hydroxylation sites is 2. The van der Waals surface area contributed by atoms with Crippen molar-refractivity contribution in [3.8, 4) is 44.5 Å². The average Bonchev–Trinajstić information content (AvgIpc) is 3.84. The van der Waals surface area contributed by atoms with Crippen LogP contribution in [0.5, 0.6) is 0 Å². The molecule has 0 aromatic heterocycles. The van der Waals surface area contributed by atoms with E-state index in [0.29, 0.717) is 0 Å². The summed E-state index contributed by atoms with van der Waals surface area (Å²) in [7, 11) is 0. The predicted octanol–water partition coefficient (Wildman–Crippen LogP) is 16.3. The second-order valence-electron chi connectivity index (χ2n) is 16.4. The molecule has 10 aromatic rings. The number of anilines is 6. The lowest BCUT2D eigenvalue weighted by Gasteiger charge is -2.38. The zero-order chi connectivity index (χ0) is 41.7. The van der Waals surface area contributed by atoms with Crippen LogP contribution in [0, 0.1) is 0 Å². The minimum Gasteiger partial charge on any atom is -0.310 e. The quantitative estimate of drug-likeness (QED) is 0.151. The van der Waals surface area contributed by atoms with Gasteiger partial charge in [0.05, 0.1) is 16.8 Å². The third-order valence-electron chi connectivity index (χ3n) is 13.1. The normalized spacial score (nSPS) is 14.1. The molecule has 0 saturated heterocycles. The number of rotatable bonds is 8. The highest BCUT2D eigenvalue weighted by Gasteiger charge is 2.55. The minimum atomic E-state index is -0.668. The number of hydrogen-bond acceptors (Lipinski definition) is 2. The molecule has 2 nitrogen and oxygen atoms in total. The highest BCUT2D eigenvalue weighted by molar-refractivity contribution is 6.03. The SMILES string of the molecule is c1ccc(-c2ccc(N(c3ccc(-c4ccccc4)cc3)c3cccc4c3C3(c5ccccc5-c5cccc(N(c6ccccc6)c6ccccc6)c53)c3ccccc3-4)cc2)cc1. The first-order valence-corrected chi connectivity index (χ1v) is 21.8. The maximum Gasteiger partial charge on any atom is 0.0766 e. The molecule has 0 fully saturated rings. The topological polar surface area (TPSA) is 6.48 Å². The van der Waals surface area contributed by atoms with Gasteiger partial charge in [0.15, 0.2) is 0 Å². The van der Waals surface area contributed by atoms with E-state index in [4.69, 9.17) is 0 Å². The van der Waals surface area contributed by atoms with Crippen molar-refractivity contribution < 1.29 is 0 Å². The fraction of sp³-hybridized carbons (Fsp3) is 0.0164. The zero-order valence-corrected chi connectivity index (χ0v) is 34.6. The van der Waals surface area contributed by atoms with Crippen molar-refractivity contribution in [1.29, 1.82) is 0 Å². The molecule has 0 amide bonds. The minimum absolute atomic E-state index is 0.668. The van der Waals surface area contributed by atoms with Gasteiger partial charge < -0.3 is 9.80 Å². The van der Waals surface area contributed by atoms with Crippen LogP contribution in [-0.2, 0) is 5.41 Å². The molecule has 0 radical (unpaired) electrons. The number of nitrogens with zero attached hydrogens (tertiary/aromatic N) is 2. The first-order valence-electron chi connectivity index (χ1n) is 21.8. The smallest absolute Gasteiger partial charge is 0.0766 e. The summed E-state index contributed by atoms with van der Waals surface area (Å²) >= 11 is 0. The fourth-order valence-electron chi connectivity index (χ4n) is 10.5. The highest BCUT2D eigenvalue weighted by atomic mass is 15.2. The van der Waals surface area contributed by atoms with Crippen molar-refractivity contribution in [3.05, 3.63) is 277 Å². The monoisotopic (exact) mass is 802 g/mol. The van der Waals surface area contributed by atoms with Crippen LogP contribution in [0.1, 0.15) is 22.3 Å². The second-order valence-corrected chi connectivity index (χ2v) is 16.4. The first kappa shape index (κ1) is 36.6. The van der Waals surface area contributed by atoms with Crippen LogP contribution >= 0.6 is 0 Å². The van der Waals surface area contributed by atoms with Crippen molar-refractivity contribution in [2.75, 3.05) is 9.80 Å². The van der Waals surface area contributed by atoms with Crippen LogP contribution in [0.15, 0.2) is 255 Å². The lowest BCUT2D eigenvalue weighted by molar-refractivity contribution is 0.792. The molecule has 0 saturated carbocycles. The largest absolute Gasteiger partial charge is 0.310 e. The summed E-state index contributed by atoms with van der Waals surface area (Å²) in [6.45, 7) is 0. The van der Waals surface area contributed by atoms with Crippen LogP contribution in [-0.4, -0.2) is 0 Å². The van der Waals surface area contributed by atoms with Crippen molar-refractivity contribution >= 4 is 34.1 Å². The molecule has 0 heterocycles. The summed E-state index contributed by atoms with van der Waals surface area (Å²) in [6, 6.07) is 93.3. The molecule has 2 aliphatic rings. The van der Waals surface area contributed by atoms with Gasteiger partial charge in [-0.15, -0.1) is 0 Å². The third-order valence-corrected chi connectivity index (χ3v) is 13.1. The Labute approximate surface area is 369 Å². The van der Waals surface area contributed by atoms with Crippen molar-refractivity contribution in [2.24, 2.45) is 0 Å². The number of benzene rings is 10. The fourth-order valence-corrected chi connectivity index (χ4v) is 10.5. The summed E-state index contributed by atoms with van der Waals surface area (Å²) in [4.78, 5) is 4.95. The molecule has 1 atom stereocenters. The summed E-state index contributed by atoms with van der Waals surface area (Å²) in [5.41, 5.74) is 21.0. The summed E-state index contributed by atoms with van der Waals surface area (Å²) < 4.78 is 0. The molecular weight excluding hydrogens is 761 g/mol. The molecule has 12 rings (SSSR count). The highest BCUT2D eigenvalue weighted by Crippen LogP contribution is 2.67. The zero-order valence-electron chi connectivity index (χ0n) is 34.6. The van der Waals surface area contributed by atoms with Crippen LogP contribution in [0.2, 0.25) is 0 Å². The lowest BCUT2D eigenvalue weighted by Crippen LogP contribution is -2.30. The first-order chi connectivity index (χ1) is 31.3. The van der Waals surface area contributed by atoms with Gasteiger partial charge >= 0.3 is 0 Å². The van der Waals surface area contributed by atoms with E-state index in [1.54, 1.807) is 0 Å². The van der Waals surface area contributed by atoms with Gasteiger partial charge in [-0.25, -0.2) is 0 Å². The van der Waals surface area contributed by atoms with Crippen LogP contribution in [0.25, 0.3) is 44.5 Å². The standard InChI is InChI=1S/C61H42N2/c1-5-19-43(20-6-1)45-35-39-49(40-36-45)63(50-41-37-46(38-42-50)44-21-7-2-8-22-44)58-34-18-30-54-52-28-14-16-32-56(52)61(60(54)58)55-31-15-13-27-51(55)53-29-17-33-57(59(53)61)62(47-23-9-3-10-24-47)48-25-11-4-12-26-48/h1-42H. The molecule has 0 N–H and O–H groups in total. The number of fused-ring (bicyclic) bond motifs is 10. The number of hydrogen-bond donors (Lipinski definition) is 0. The van der Waals surface area contributed by atoms with Crippen molar-refractivity contribution in [1.82, 2.24) is 0 Å². The van der Waals surface area contributed by atoms with Gasteiger partial charge in [-0.1, -0.05) is 194 Å². The van der Waals surface area contributed by atoms with Crippen LogP contribution in [0.4, 0.5) is 34.1 Å². The Morgan fingerprint density at radius 2 is 0.524 bits per heavy atom. The molecular formula is C61H42N2. The van der Waals surface area contributed by atoms with E-state index >= 15 is 0 Å². The Hall–Kier alpha value is -8.20. The van der Waals surface area contributed by atoms with Gasteiger partial charge in [-0.05, 0) is 116 Å². The molecule has 2 aliphatic carbocycles. The molecule has 10 aromatic carbocycles. The van der Waals surface area contributed by atoms with Gasteiger partial charge in [0.1, 0.15) is 0 Å². The van der Waals surface area contributed by atoms with E-state index < -0.39 is 5.41 Å². The van der Waals surface area contributed by atoms with Crippen LogP contribution < -0.4 is 9.80 Å². The van der Waals surface area contributed by atoms with E-state index in [1.165, 1.54) is 66.8 Å². The van der Waals surface area contributed by atoms with Crippen molar-refractivity contribution in [2.45, 2.75) is 5.41 Å². The van der Waals surface area contributed by atoms with E-state index in [9.17, 15) is 0 Å². The maximum absolute atomic E-state index is 2.49. The van der Waals surface area contributed by atoms with E-state index in [2.05, 4.69) is 265 Å².